The largest absolute Gasteiger partial charge is 0.457 e. The topological polar surface area (TPSA) is 51.2 Å². The fraction of sp³-hybridized carbons (Fsp3) is 0.0435. The van der Waals surface area contributed by atoms with Crippen molar-refractivity contribution in [2.45, 2.75) is 6.92 Å². The Bertz CT molecular complexity index is 1120. The van der Waals surface area contributed by atoms with Gasteiger partial charge in [0.05, 0.1) is 0 Å². The van der Waals surface area contributed by atoms with E-state index in [0.29, 0.717) is 16.5 Å². The van der Waals surface area contributed by atoms with Crippen LogP contribution in [0.5, 0.6) is 11.5 Å². The molecule has 0 fully saturated rings. The molecule has 1 heterocycles. The van der Waals surface area contributed by atoms with Gasteiger partial charge in [-0.1, -0.05) is 41.7 Å². The van der Waals surface area contributed by atoms with Crippen LogP contribution in [0.15, 0.2) is 78.9 Å². The number of benzene rings is 3. The van der Waals surface area contributed by atoms with Gasteiger partial charge in [0.1, 0.15) is 33.0 Å². The zero-order chi connectivity index (χ0) is 20.2. The fourth-order valence-electron chi connectivity index (χ4n) is 2.78. The molecule has 144 valence electrons. The Morgan fingerprint density at radius 2 is 1.52 bits per heavy atom. The first-order valence-electron chi connectivity index (χ1n) is 8.96. The quantitative estimate of drug-likeness (QED) is 0.421. The van der Waals surface area contributed by atoms with Crippen LogP contribution >= 0.6 is 11.3 Å². The zero-order valence-corrected chi connectivity index (χ0v) is 16.4. The van der Waals surface area contributed by atoms with E-state index in [0.717, 1.165) is 21.8 Å². The van der Waals surface area contributed by atoms with Crippen molar-refractivity contribution in [1.29, 1.82) is 0 Å². The summed E-state index contributed by atoms with van der Waals surface area (Å²) in [4.78, 5) is 16.4. The SMILES string of the molecule is CC(=O)Nc1sc(-c2ccc(Oc3ccc(F)cc3)cc2)nc1-c1ccccc1. The van der Waals surface area contributed by atoms with Gasteiger partial charge in [0.2, 0.25) is 5.91 Å². The Labute approximate surface area is 171 Å². The van der Waals surface area contributed by atoms with Crippen LogP contribution in [0.25, 0.3) is 21.8 Å². The van der Waals surface area contributed by atoms with E-state index in [4.69, 9.17) is 9.72 Å². The summed E-state index contributed by atoms with van der Waals surface area (Å²) in [6, 6.07) is 23.1. The van der Waals surface area contributed by atoms with Gasteiger partial charge in [-0.3, -0.25) is 4.79 Å². The van der Waals surface area contributed by atoms with Crippen LogP contribution in [0.3, 0.4) is 0 Å². The average Bonchev–Trinajstić information content (AvgIpc) is 3.14. The Morgan fingerprint density at radius 3 is 2.14 bits per heavy atom. The normalized spacial score (nSPS) is 10.6. The predicted octanol–water partition coefficient (Wildman–Crippen LogP) is 6.37. The maximum atomic E-state index is 13.0. The second-order valence-corrected chi connectivity index (χ2v) is 7.32. The fourth-order valence-corrected chi connectivity index (χ4v) is 3.82. The van der Waals surface area contributed by atoms with Crippen LogP contribution in [0.4, 0.5) is 9.39 Å². The number of anilines is 1. The number of carbonyl (C=O) groups excluding carboxylic acids is 1. The van der Waals surface area contributed by atoms with Crippen molar-refractivity contribution in [3.63, 3.8) is 0 Å². The number of amides is 1. The molecular weight excluding hydrogens is 387 g/mol. The van der Waals surface area contributed by atoms with E-state index in [1.54, 1.807) is 12.1 Å². The van der Waals surface area contributed by atoms with E-state index in [9.17, 15) is 9.18 Å². The van der Waals surface area contributed by atoms with Gasteiger partial charge in [-0.2, -0.15) is 0 Å². The van der Waals surface area contributed by atoms with Gasteiger partial charge in [-0.05, 0) is 48.5 Å². The summed E-state index contributed by atoms with van der Waals surface area (Å²) in [5.74, 6) is 0.760. The van der Waals surface area contributed by atoms with E-state index in [-0.39, 0.29) is 11.7 Å². The molecule has 4 nitrogen and oxygen atoms in total. The lowest BCUT2D eigenvalue weighted by atomic mass is 10.1. The monoisotopic (exact) mass is 404 g/mol. The number of hydrogen-bond acceptors (Lipinski definition) is 4. The Morgan fingerprint density at radius 1 is 0.897 bits per heavy atom. The first-order valence-corrected chi connectivity index (χ1v) is 9.78. The number of nitrogens with zero attached hydrogens (tertiary/aromatic N) is 1. The molecule has 0 saturated heterocycles. The zero-order valence-electron chi connectivity index (χ0n) is 15.6. The molecule has 0 unspecified atom stereocenters. The van der Waals surface area contributed by atoms with Crippen molar-refractivity contribution in [3.05, 3.63) is 84.7 Å². The van der Waals surface area contributed by atoms with Crippen molar-refractivity contribution in [2.24, 2.45) is 0 Å². The van der Waals surface area contributed by atoms with Crippen LogP contribution in [-0.2, 0) is 4.79 Å². The average molecular weight is 404 g/mol. The molecule has 6 heteroatoms. The Hall–Kier alpha value is -3.51. The minimum absolute atomic E-state index is 0.138. The van der Waals surface area contributed by atoms with Crippen LogP contribution < -0.4 is 10.1 Å². The van der Waals surface area contributed by atoms with E-state index in [2.05, 4.69) is 5.32 Å². The number of hydrogen-bond donors (Lipinski definition) is 1. The second-order valence-electron chi connectivity index (χ2n) is 6.32. The maximum absolute atomic E-state index is 13.0. The van der Waals surface area contributed by atoms with E-state index >= 15 is 0 Å². The smallest absolute Gasteiger partial charge is 0.221 e. The molecule has 0 spiro atoms. The second kappa shape index (κ2) is 8.24. The van der Waals surface area contributed by atoms with Gasteiger partial charge < -0.3 is 10.1 Å². The molecule has 0 aliphatic heterocycles. The molecule has 0 aliphatic carbocycles. The number of thiazole rings is 1. The molecule has 4 rings (SSSR count). The van der Waals surface area contributed by atoms with Crippen LogP contribution in [0.1, 0.15) is 6.92 Å². The molecule has 0 saturated carbocycles. The third-order valence-corrected chi connectivity index (χ3v) is 5.13. The third kappa shape index (κ3) is 4.50. The summed E-state index contributed by atoms with van der Waals surface area (Å²) < 4.78 is 18.7. The van der Waals surface area contributed by atoms with Crippen LogP contribution in [0, 0.1) is 5.82 Å². The number of nitrogens with one attached hydrogen (secondary N) is 1. The predicted molar refractivity (Wildman–Crippen MR) is 114 cm³/mol. The first-order chi connectivity index (χ1) is 14.1. The molecular formula is C23H17FN2O2S. The van der Waals surface area contributed by atoms with Crippen molar-refractivity contribution < 1.29 is 13.9 Å². The highest BCUT2D eigenvalue weighted by Crippen LogP contribution is 2.38. The van der Waals surface area contributed by atoms with Gasteiger partial charge in [0.15, 0.2) is 0 Å². The highest BCUT2D eigenvalue weighted by Gasteiger charge is 2.15. The lowest BCUT2D eigenvalue weighted by Gasteiger charge is -2.06. The van der Waals surface area contributed by atoms with Crippen molar-refractivity contribution in [3.8, 4) is 33.3 Å². The standard InChI is InChI=1S/C23H17FN2O2S/c1-15(27)25-23-21(16-5-3-2-4-6-16)26-22(29-23)17-7-11-19(12-8-17)28-20-13-9-18(24)10-14-20/h2-14H,1H3,(H,25,27). The van der Waals surface area contributed by atoms with Gasteiger partial charge in [0.25, 0.3) is 0 Å². The van der Waals surface area contributed by atoms with Gasteiger partial charge >= 0.3 is 0 Å². The first kappa shape index (κ1) is 18.8. The molecule has 4 aromatic rings. The summed E-state index contributed by atoms with van der Waals surface area (Å²) in [7, 11) is 0. The molecule has 0 aliphatic rings. The van der Waals surface area contributed by atoms with E-state index < -0.39 is 0 Å². The van der Waals surface area contributed by atoms with Gasteiger partial charge in [0, 0.05) is 18.1 Å². The summed E-state index contributed by atoms with van der Waals surface area (Å²) in [5, 5.41) is 4.38. The van der Waals surface area contributed by atoms with Crippen molar-refractivity contribution >= 4 is 22.2 Å². The maximum Gasteiger partial charge on any atom is 0.221 e. The molecule has 29 heavy (non-hydrogen) atoms. The van der Waals surface area contributed by atoms with Crippen molar-refractivity contribution in [2.75, 3.05) is 5.32 Å². The number of carbonyl (C=O) groups is 1. The van der Waals surface area contributed by atoms with E-state index in [1.807, 2.05) is 54.6 Å². The molecule has 3 aromatic carbocycles. The lowest BCUT2D eigenvalue weighted by molar-refractivity contribution is -0.114. The van der Waals surface area contributed by atoms with Crippen LogP contribution in [-0.4, -0.2) is 10.9 Å². The van der Waals surface area contributed by atoms with Gasteiger partial charge in [-0.25, -0.2) is 9.37 Å². The number of rotatable bonds is 5. The summed E-state index contributed by atoms with van der Waals surface area (Å²) in [6.45, 7) is 1.48. The Kier molecular flexibility index (Phi) is 5.35. The molecule has 1 amide bonds. The highest BCUT2D eigenvalue weighted by atomic mass is 32.1. The molecule has 1 N–H and O–H groups in total. The minimum Gasteiger partial charge on any atom is -0.457 e. The molecule has 0 atom stereocenters. The van der Waals surface area contributed by atoms with E-state index in [1.165, 1.54) is 30.4 Å². The highest BCUT2D eigenvalue weighted by molar-refractivity contribution is 7.19. The number of aromatic nitrogens is 1. The summed E-state index contributed by atoms with van der Waals surface area (Å²) in [6.07, 6.45) is 0. The minimum atomic E-state index is -0.305. The number of halogens is 1. The van der Waals surface area contributed by atoms with Crippen molar-refractivity contribution in [1.82, 2.24) is 4.98 Å². The molecule has 1 aromatic heterocycles. The Balaban J connectivity index is 1.61. The lowest BCUT2D eigenvalue weighted by Crippen LogP contribution is -2.05. The molecule has 0 bridgehead atoms. The van der Waals surface area contributed by atoms with Crippen LogP contribution in [0.2, 0.25) is 0 Å². The molecule has 0 radical (unpaired) electrons. The summed E-state index contributed by atoms with van der Waals surface area (Å²) >= 11 is 1.42. The van der Waals surface area contributed by atoms with Gasteiger partial charge in [-0.15, -0.1) is 0 Å². The number of ether oxygens (including phenoxy) is 1. The summed E-state index contributed by atoms with van der Waals surface area (Å²) in [5.41, 5.74) is 2.60. The third-order valence-electron chi connectivity index (χ3n) is 4.11.